The van der Waals surface area contributed by atoms with Gasteiger partial charge in [0.1, 0.15) is 18.1 Å². The number of H-pyrrole nitrogens is 3. The van der Waals surface area contributed by atoms with Crippen LogP contribution in [0.1, 0.15) is 23.1 Å². The fraction of sp³-hybridized carbons (Fsp3) is 0.268. The van der Waals surface area contributed by atoms with Gasteiger partial charge in [0.05, 0.1) is 20.3 Å². The van der Waals surface area contributed by atoms with E-state index >= 15 is 0 Å². The summed E-state index contributed by atoms with van der Waals surface area (Å²) in [6, 6.07) is 17.3. The number of amides is 4. The number of methoxy groups -OCH3 is 2. The van der Waals surface area contributed by atoms with Crippen molar-refractivity contribution in [2.75, 3.05) is 14.2 Å². The van der Waals surface area contributed by atoms with Crippen LogP contribution in [-0.2, 0) is 57.5 Å². The van der Waals surface area contributed by atoms with Crippen molar-refractivity contribution in [2.24, 2.45) is 17.4 Å². The Morgan fingerprint density at radius 3 is 1.33 bits per heavy atom. The number of ether oxygens (including phenoxy) is 2. The zero-order valence-electron chi connectivity index (χ0n) is 31.3. The highest BCUT2D eigenvalue weighted by Gasteiger charge is 2.36. The summed E-state index contributed by atoms with van der Waals surface area (Å²) in [5, 5.41) is 10.6. The van der Waals surface area contributed by atoms with Crippen LogP contribution >= 0.6 is 0 Å². The van der Waals surface area contributed by atoms with Gasteiger partial charge in [-0.15, -0.1) is 0 Å². The Labute approximate surface area is 326 Å². The molecule has 0 fully saturated rings. The molecule has 0 saturated heterocycles. The molecule has 4 amide bonds. The Morgan fingerprint density at radius 2 is 0.930 bits per heavy atom. The van der Waals surface area contributed by atoms with Crippen molar-refractivity contribution >= 4 is 68.3 Å². The molecule has 6 rings (SSSR count). The number of aromatic nitrogens is 3. The molecule has 3 aromatic carbocycles. The number of hydrogen-bond acceptors (Lipinski definition) is 9. The van der Waals surface area contributed by atoms with Gasteiger partial charge in [-0.3, -0.25) is 28.8 Å². The van der Waals surface area contributed by atoms with Crippen LogP contribution in [0.25, 0.3) is 32.7 Å². The van der Waals surface area contributed by atoms with Crippen LogP contribution in [0.15, 0.2) is 91.4 Å². The summed E-state index contributed by atoms with van der Waals surface area (Å²) in [7, 11) is 2.12. The van der Waals surface area contributed by atoms with E-state index in [1.807, 2.05) is 72.8 Å². The molecule has 3 aromatic heterocycles. The Balaban J connectivity index is 1.29. The van der Waals surface area contributed by atoms with E-state index in [0.717, 1.165) is 58.1 Å². The van der Waals surface area contributed by atoms with E-state index in [2.05, 4.69) is 30.9 Å². The predicted molar refractivity (Wildman–Crippen MR) is 211 cm³/mol. The summed E-state index contributed by atoms with van der Waals surface area (Å²) in [6.07, 6.45) is 4.79. The molecule has 16 nitrogen and oxygen atoms in total. The molecule has 3 heterocycles. The molecule has 0 unspecified atom stereocenters. The molecule has 296 valence electrons. The third-order valence-electron chi connectivity index (χ3n) is 10.0. The third-order valence-corrected chi connectivity index (χ3v) is 10.0. The molecule has 0 aliphatic carbocycles. The predicted octanol–water partition coefficient (Wildman–Crippen LogP) is 1.78. The minimum Gasteiger partial charge on any atom is -0.468 e. The fourth-order valence-corrected chi connectivity index (χ4v) is 6.97. The topological polar surface area (TPSA) is 256 Å². The van der Waals surface area contributed by atoms with E-state index in [1.165, 1.54) is 0 Å². The second kappa shape index (κ2) is 17.7. The molecule has 0 bridgehead atoms. The van der Waals surface area contributed by atoms with Gasteiger partial charge in [-0.05, 0) is 41.3 Å². The lowest BCUT2D eigenvalue weighted by Crippen LogP contribution is -2.59. The number of rotatable bonds is 17. The van der Waals surface area contributed by atoms with Crippen molar-refractivity contribution in [1.82, 2.24) is 30.9 Å². The molecule has 57 heavy (non-hydrogen) atoms. The average Bonchev–Trinajstić information content (AvgIpc) is 3.95. The van der Waals surface area contributed by atoms with Crippen molar-refractivity contribution < 1.29 is 38.2 Å². The number of para-hydroxylation sites is 3. The maximum Gasteiger partial charge on any atom is 0.320 e. The number of fused-ring (bicyclic) bond motifs is 3. The third kappa shape index (κ3) is 9.13. The molecule has 4 atom stereocenters. The van der Waals surface area contributed by atoms with Crippen LogP contribution in [0, 0.1) is 5.92 Å². The summed E-state index contributed by atoms with van der Waals surface area (Å²) in [4.78, 5) is 89.4. The molecule has 6 aromatic rings. The van der Waals surface area contributed by atoms with Gasteiger partial charge in [0.15, 0.2) is 5.92 Å². The van der Waals surface area contributed by atoms with Crippen molar-refractivity contribution in [2.45, 2.75) is 49.9 Å². The number of aromatic amines is 3. The standard InChI is InChI=1S/C41H44N8O8/c1-56-40(54)28(41(55)57-2)18-33(36(43)50)47-38(52)35(17-24-21-46-32-14-8-5-11-27(24)32)49-39(53)34(16-23-20-45-31-13-7-4-10-26(23)31)48-37(51)29(42)15-22-19-44-30-12-6-3-9-25(22)30/h3-14,19-21,28-29,33-35,44-46H,15-18,42H2,1-2H3,(H2,43,50)(H,47,52)(H,48,51)(H,49,53)/t29-,33+,34-,35-/m1/s1. The van der Waals surface area contributed by atoms with Crippen LogP contribution in [0.4, 0.5) is 0 Å². The van der Waals surface area contributed by atoms with Gasteiger partial charge in [-0.2, -0.15) is 0 Å². The van der Waals surface area contributed by atoms with Gasteiger partial charge in [0.25, 0.3) is 0 Å². The summed E-state index contributed by atoms with van der Waals surface area (Å²) in [5.41, 5.74) is 16.8. The lowest BCUT2D eigenvalue weighted by Gasteiger charge is -2.26. The maximum atomic E-state index is 14.4. The zero-order chi connectivity index (χ0) is 40.6. The van der Waals surface area contributed by atoms with Gasteiger partial charge >= 0.3 is 11.9 Å². The van der Waals surface area contributed by atoms with Crippen LogP contribution < -0.4 is 27.4 Å². The van der Waals surface area contributed by atoms with Gasteiger partial charge in [-0.25, -0.2) is 0 Å². The van der Waals surface area contributed by atoms with E-state index in [-0.39, 0.29) is 19.3 Å². The van der Waals surface area contributed by atoms with Crippen LogP contribution in [-0.4, -0.2) is 88.9 Å². The minimum atomic E-state index is -1.58. The normalized spacial score (nSPS) is 13.5. The van der Waals surface area contributed by atoms with Gasteiger partial charge in [-0.1, -0.05) is 54.6 Å². The van der Waals surface area contributed by atoms with Crippen LogP contribution in [0.5, 0.6) is 0 Å². The van der Waals surface area contributed by atoms with Crippen molar-refractivity contribution in [3.8, 4) is 0 Å². The number of hydrogen-bond donors (Lipinski definition) is 8. The fourth-order valence-electron chi connectivity index (χ4n) is 6.97. The first-order valence-electron chi connectivity index (χ1n) is 18.2. The largest absolute Gasteiger partial charge is 0.468 e. The quantitative estimate of drug-likeness (QED) is 0.0496. The van der Waals surface area contributed by atoms with E-state index in [9.17, 15) is 28.8 Å². The molecular weight excluding hydrogens is 732 g/mol. The number of esters is 2. The van der Waals surface area contributed by atoms with Gasteiger partial charge in [0.2, 0.25) is 23.6 Å². The van der Waals surface area contributed by atoms with Crippen molar-refractivity contribution in [1.29, 1.82) is 0 Å². The second-order valence-corrected chi connectivity index (χ2v) is 13.7. The smallest absolute Gasteiger partial charge is 0.320 e. The summed E-state index contributed by atoms with van der Waals surface area (Å²) in [5.74, 6) is -6.78. The van der Waals surface area contributed by atoms with Crippen molar-refractivity contribution in [3.63, 3.8) is 0 Å². The first kappa shape index (κ1) is 39.7. The first-order valence-corrected chi connectivity index (χ1v) is 18.2. The highest BCUT2D eigenvalue weighted by atomic mass is 16.5. The van der Waals surface area contributed by atoms with Crippen LogP contribution in [0.3, 0.4) is 0 Å². The monoisotopic (exact) mass is 776 g/mol. The number of benzene rings is 3. The lowest BCUT2D eigenvalue weighted by atomic mass is 9.98. The molecule has 0 aliphatic heterocycles. The van der Waals surface area contributed by atoms with E-state index in [1.54, 1.807) is 18.6 Å². The summed E-state index contributed by atoms with van der Waals surface area (Å²) < 4.78 is 9.42. The number of carbonyl (C=O) groups is 6. The Kier molecular flexibility index (Phi) is 12.3. The molecule has 10 N–H and O–H groups in total. The SMILES string of the molecule is COC(=O)C(C[C@H](NC(=O)[C@@H](Cc1c[nH]c2ccccc12)NC(=O)[C@@H](Cc1c[nH]c2ccccc12)NC(=O)[C@H](N)Cc1c[nH]c2ccccc12)C(N)=O)C(=O)OC. The zero-order valence-corrected chi connectivity index (χ0v) is 31.3. The van der Waals surface area contributed by atoms with Crippen molar-refractivity contribution in [3.05, 3.63) is 108 Å². The Morgan fingerprint density at radius 1 is 0.561 bits per heavy atom. The maximum absolute atomic E-state index is 14.4. The summed E-state index contributed by atoms with van der Waals surface area (Å²) in [6.45, 7) is 0. The molecule has 0 spiro atoms. The van der Waals surface area contributed by atoms with E-state index in [0.29, 0.717) is 5.56 Å². The minimum absolute atomic E-state index is 0.0205. The van der Waals surface area contributed by atoms with Crippen LogP contribution in [0.2, 0.25) is 0 Å². The second-order valence-electron chi connectivity index (χ2n) is 13.7. The molecular formula is C41H44N8O8. The number of nitrogens with one attached hydrogen (secondary N) is 6. The van der Waals surface area contributed by atoms with Gasteiger partial charge in [0, 0.05) is 70.6 Å². The number of nitrogens with two attached hydrogens (primary N) is 2. The molecule has 0 radical (unpaired) electrons. The molecule has 0 saturated carbocycles. The van der Waals surface area contributed by atoms with E-state index in [4.69, 9.17) is 20.9 Å². The molecule has 16 heteroatoms. The average molecular weight is 777 g/mol. The first-order chi connectivity index (χ1) is 27.5. The van der Waals surface area contributed by atoms with Gasteiger partial charge < -0.3 is 51.8 Å². The Hall–Kier alpha value is -6.94. The highest BCUT2D eigenvalue weighted by Crippen LogP contribution is 2.23. The van der Waals surface area contributed by atoms with E-state index < -0.39 is 72.1 Å². The highest BCUT2D eigenvalue weighted by molar-refractivity contribution is 5.98. The lowest BCUT2D eigenvalue weighted by molar-refractivity contribution is -0.159. The Bertz CT molecular complexity index is 2420. The number of primary amides is 1. The summed E-state index contributed by atoms with van der Waals surface area (Å²) >= 11 is 0. The number of carbonyl (C=O) groups excluding carboxylic acids is 6. The molecule has 0 aliphatic rings.